The molecular formula is C16H22N2O2S. The molecule has 1 saturated heterocycles. The predicted molar refractivity (Wildman–Crippen MR) is 83.3 cm³/mol. The second-order valence-electron chi connectivity index (χ2n) is 5.99. The van der Waals surface area contributed by atoms with Gasteiger partial charge in [-0.05, 0) is 31.4 Å². The van der Waals surface area contributed by atoms with E-state index < -0.39 is 0 Å². The zero-order valence-corrected chi connectivity index (χ0v) is 13.0. The first-order valence-corrected chi connectivity index (χ1v) is 8.71. The smallest absolute Gasteiger partial charge is 0.230 e. The number of nitrogens with zero attached hydrogens (tertiary/aromatic N) is 1. The number of hydrogen-bond acceptors (Lipinski definition) is 4. The quantitative estimate of drug-likeness (QED) is 0.869. The molecule has 2 aliphatic rings. The Labute approximate surface area is 130 Å². The minimum absolute atomic E-state index is 0.0639. The summed E-state index contributed by atoms with van der Waals surface area (Å²) < 4.78 is 6.03. The molecule has 3 rings (SSSR count). The summed E-state index contributed by atoms with van der Waals surface area (Å²) in [5, 5.41) is 3.12. The highest BCUT2D eigenvalue weighted by Crippen LogP contribution is 2.39. The van der Waals surface area contributed by atoms with Crippen molar-refractivity contribution >= 4 is 17.7 Å². The minimum Gasteiger partial charge on any atom is -0.373 e. The molecule has 5 heteroatoms. The summed E-state index contributed by atoms with van der Waals surface area (Å²) in [5.74, 6) is 0.548. The highest BCUT2D eigenvalue weighted by molar-refractivity contribution is 8.00. The Bertz CT molecular complexity index is 474. The lowest BCUT2D eigenvalue weighted by molar-refractivity contribution is -0.119. The zero-order chi connectivity index (χ0) is 14.5. The van der Waals surface area contributed by atoms with Crippen LogP contribution in [0.1, 0.15) is 38.5 Å². The van der Waals surface area contributed by atoms with E-state index in [0.717, 1.165) is 24.2 Å². The van der Waals surface area contributed by atoms with E-state index in [2.05, 4.69) is 10.3 Å². The molecule has 0 radical (unpaired) electrons. The number of amides is 1. The third-order valence-corrected chi connectivity index (χ3v) is 5.37. The normalized spacial score (nSPS) is 24.1. The molecule has 0 aromatic carbocycles. The SMILES string of the molecule is O=C(CSc1ccncc1)N[C@@H]1COC2(CCCCC2)C1. The molecule has 2 fully saturated rings. The van der Waals surface area contributed by atoms with Crippen LogP contribution >= 0.6 is 11.8 Å². The second kappa shape index (κ2) is 6.79. The van der Waals surface area contributed by atoms with Crippen LogP contribution in [0, 0.1) is 0 Å². The van der Waals surface area contributed by atoms with E-state index >= 15 is 0 Å². The number of rotatable bonds is 4. The summed E-state index contributed by atoms with van der Waals surface area (Å²) in [6, 6.07) is 4.04. The maximum absolute atomic E-state index is 12.0. The Morgan fingerprint density at radius 3 is 2.86 bits per heavy atom. The van der Waals surface area contributed by atoms with Gasteiger partial charge in [-0.15, -0.1) is 11.8 Å². The minimum atomic E-state index is 0.0639. The van der Waals surface area contributed by atoms with Gasteiger partial charge in [0.05, 0.1) is 24.0 Å². The Balaban J connectivity index is 1.43. The van der Waals surface area contributed by atoms with Crippen LogP contribution in [0.15, 0.2) is 29.4 Å². The molecule has 4 nitrogen and oxygen atoms in total. The summed E-state index contributed by atoms with van der Waals surface area (Å²) in [6.07, 6.45) is 10.6. The van der Waals surface area contributed by atoms with Crippen molar-refractivity contribution in [1.82, 2.24) is 10.3 Å². The maximum atomic E-state index is 12.0. The molecule has 1 spiro atoms. The van der Waals surface area contributed by atoms with E-state index in [1.807, 2.05) is 12.1 Å². The van der Waals surface area contributed by atoms with Crippen molar-refractivity contribution in [3.63, 3.8) is 0 Å². The van der Waals surface area contributed by atoms with Crippen LogP contribution in [0.3, 0.4) is 0 Å². The third-order valence-electron chi connectivity index (χ3n) is 4.36. The average Bonchev–Trinajstić information content (AvgIpc) is 2.89. The van der Waals surface area contributed by atoms with Crippen LogP contribution < -0.4 is 5.32 Å². The monoisotopic (exact) mass is 306 g/mol. The molecule has 1 saturated carbocycles. The number of carbonyl (C=O) groups is 1. The van der Waals surface area contributed by atoms with E-state index in [0.29, 0.717) is 12.4 Å². The lowest BCUT2D eigenvalue weighted by Crippen LogP contribution is -2.38. The van der Waals surface area contributed by atoms with E-state index in [9.17, 15) is 4.79 Å². The van der Waals surface area contributed by atoms with Gasteiger partial charge < -0.3 is 10.1 Å². The standard InChI is InChI=1S/C16H22N2O2S/c19-15(12-21-14-4-8-17-9-5-14)18-13-10-16(20-11-13)6-2-1-3-7-16/h4-5,8-9,13H,1-3,6-7,10-12H2,(H,18,19)/t13-/m0/s1. The fourth-order valence-corrected chi connectivity index (χ4v) is 4.03. The summed E-state index contributed by atoms with van der Waals surface area (Å²) in [7, 11) is 0. The molecule has 1 amide bonds. The van der Waals surface area contributed by atoms with Gasteiger partial charge in [0.1, 0.15) is 0 Å². The summed E-state index contributed by atoms with van der Waals surface area (Å²) in [5.41, 5.74) is 0.0639. The molecule has 1 aromatic heterocycles. The molecule has 21 heavy (non-hydrogen) atoms. The van der Waals surface area contributed by atoms with Gasteiger partial charge >= 0.3 is 0 Å². The first kappa shape index (κ1) is 14.9. The van der Waals surface area contributed by atoms with Gasteiger partial charge in [-0.25, -0.2) is 0 Å². The number of carbonyl (C=O) groups excluding carboxylic acids is 1. The fourth-order valence-electron chi connectivity index (χ4n) is 3.33. The Morgan fingerprint density at radius 1 is 1.33 bits per heavy atom. The fraction of sp³-hybridized carbons (Fsp3) is 0.625. The summed E-state index contributed by atoms with van der Waals surface area (Å²) in [6.45, 7) is 0.672. The molecular weight excluding hydrogens is 284 g/mol. The van der Waals surface area contributed by atoms with Gasteiger partial charge in [-0.1, -0.05) is 19.3 Å². The van der Waals surface area contributed by atoms with Crippen molar-refractivity contribution in [2.45, 2.75) is 55.1 Å². The van der Waals surface area contributed by atoms with Crippen molar-refractivity contribution in [3.8, 4) is 0 Å². The van der Waals surface area contributed by atoms with Crippen molar-refractivity contribution in [2.24, 2.45) is 0 Å². The molecule has 0 unspecified atom stereocenters. The van der Waals surface area contributed by atoms with Crippen LogP contribution in [0.2, 0.25) is 0 Å². The van der Waals surface area contributed by atoms with Gasteiger partial charge in [0.25, 0.3) is 0 Å². The molecule has 0 bridgehead atoms. The highest BCUT2D eigenvalue weighted by atomic mass is 32.2. The molecule has 1 aliphatic carbocycles. The second-order valence-corrected chi connectivity index (χ2v) is 7.04. The number of aromatic nitrogens is 1. The number of hydrogen-bond donors (Lipinski definition) is 1. The van der Waals surface area contributed by atoms with Crippen LogP contribution in [0.25, 0.3) is 0 Å². The van der Waals surface area contributed by atoms with Crippen LogP contribution in [0.5, 0.6) is 0 Å². The number of thioether (sulfide) groups is 1. The average molecular weight is 306 g/mol. The number of pyridine rings is 1. The van der Waals surface area contributed by atoms with E-state index in [1.165, 1.54) is 19.3 Å². The third kappa shape index (κ3) is 3.98. The largest absolute Gasteiger partial charge is 0.373 e. The molecule has 2 heterocycles. The van der Waals surface area contributed by atoms with Crippen LogP contribution in [-0.2, 0) is 9.53 Å². The number of nitrogens with one attached hydrogen (secondary N) is 1. The zero-order valence-electron chi connectivity index (χ0n) is 12.2. The molecule has 114 valence electrons. The van der Waals surface area contributed by atoms with Crippen molar-refractivity contribution in [3.05, 3.63) is 24.5 Å². The van der Waals surface area contributed by atoms with E-state index in [-0.39, 0.29) is 17.6 Å². The van der Waals surface area contributed by atoms with Crippen LogP contribution in [-0.4, -0.2) is 34.9 Å². The Morgan fingerprint density at radius 2 is 2.10 bits per heavy atom. The van der Waals surface area contributed by atoms with Gasteiger partial charge in [0.15, 0.2) is 0 Å². The van der Waals surface area contributed by atoms with Crippen LogP contribution in [0.4, 0.5) is 0 Å². The molecule has 1 aliphatic heterocycles. The first-order valence-electron chi connectivity index (χ1n) is 7.72. The van der Waals surface area contributed by atoms with Gasteiger partial charge in [-0.3, -0.25) is 9.78 Å². The van der Waals surface area contributed by atoms with Crippen molar-refractivity contribution in [1.29, 1.82) is 0 Å². The number of ether oxygens (including phenoxy) is 1. The van der Waals surface area contributed by atoms with Crippen molar-refractivity contribution < 1.29 is 9.53 Å². The summed E-state index contributed by atoms with van der Waals surface area (Å²) in [4.78, 5) is 17.1. The molecule has 1 atom stereocenters. The first-order chi connectivity index (χ1) is 10.3. The molecule has 1 N–H and O–H groups in total. The van der Waals surface area contributed by atoms with Gasteiger partial charge in [-0.2, -0.15) is 0 Å². The predicted octanol–water partition coefficient (Wildman–Crippen LogP) is 2.78. The Kier molecular flexibility index (Phi) is 4.80. The molecule has 1 aromatic rings. The van der Waals surface area contributed by atoms with E-state index in [1.54, 1.807) is 24.2 Å². The topological polar surface area (TPSA) is 51.2 Å². The Hall–Kier alpha value is -1.07. The van der Waals surface area contributed by atoms with Gasteiger partial charge in [0.2, 0.25) is 5.91 Å². The lowest BCUT2D eigenvalue weighted by atomic mass is 9.82. The summed E-state index contributed by atoms with van der Waals surface area (Å²) >= 11 is 1.55. The lowest BCUT2D eigenvalue weighted by Gasteiger charge is -2.32. The van der Waals surface area contributed by atoms with Crippen molar-refractivity contribution in [2.75, 3.05) is 12.4 Å². The van der Waals surface area contributed by atoms with Gasteiger partial charge in [0, 0.05) is 17.3 Å². The van der Waals surface area contributed by atoms with E-state index in [4.69, 9.17) is 4.74 Å². The highest BCUT2D eigenvalue weighted by Gasteiger charge is 2.41. The maximum Gasteiger partial charge on any atom is 0.230 e.